The van der Waals surface area contributed by atoms with E-state index in [4.69, 9.17) is 4.74 Å². The van der Waals surface area contributed by atoms with Gasteiger partial charge in [0.1, 0.15) is 5.75 Å². The van der Waals surface area contributed by atoms with Gasteiger partial charge in [-0.25, -0.2) is 4.98 Å². The van der Waals surface area contributed by atoms with Crippen molar-refractivity contribution in [2.45, 2.75) is 27.2 Å². The molecule has 0 aliphatic carbocycles. The average molecular weight is 247 g/mol. The molecule has 0 unspecified atom stereocenters. The first-order valence-corrected chi connectivity index (χ1v) is 6.63. The second kappa shape index (κ2) is 4.88. The van der Waals surface area contributed by atoms with Crippen LogP contribution in [0.25, 0.3) is 11.3 Å². The Morgan fingerprint density at radius 3 is 2.53 bits per heavy atom. The van der Waals surface area contributed by atoms with Crippen LogP contribution >= 0.6 is 11.3 Å². The molecular formula is C14H17NOS. The molecule has 1 aromatic heterocycles. The van der Waals surface area contributed by atoms with Crippen molar-refractivity contribution in [1.82, 2.24) is 4.98 Å². The highest BCUT2D eigenvalue weighted by molar-refractivity contribution is 7.09. The number of rotatable bonds is 3. The summed E-state index contributed by atoms with van der Waals surface area (Å²) < 4.78 is 5.44. The zero-order chi connectivity index (χ0) is 12.4. The molecule has 90 valence electrons. The van der Waals surface area contributed by atoms with E-state index in [1.54, 1.807) is 18.4 Å². The summed E-state index contributed by atoms with van der Waals surface area (Å²) in [5.41, 5.74) is 4.63. The second-order valence-corrected chi connectivity index (χ2v) is 5.06. The number of methoxy groups -OCH3 is 1. The maximum Gasteiger partial charge on any atom is 0.128 e. The van der Waals surface area contributed by atoms with E-state index < -0.39 is 0 Å². The summed E-state index contributed by atoms with van der Waals surface area (Å²) in [7, 11) is 1.71. The summed E-state index contributed by atoms with van der Waals surface area (Å²) in [4.78, 5) is 4.62. The molecule has 0 saturated heterocycles. The minimum atomic E-state index is 0.904. The molecule has 0 N–H and O–H groups in total. The number of aromatic nitrogens is 1. The van der Waals surface area contributed by atoms with Gasteiger partial charge in [0.2, 0.25) is 0 Å². The molecule has 0 radical (unpaired) electrons. The summed E-state index contributed by atoms with van der Waals surface area (Å²) in [5.74, 6) is 0.904. The standard InChI is InChI=1S/C14H17NOS/c1-5-14-15-12(8-17-14)11-6-9(2)10(3)7-13(11)16-4/h6-8H,5H2,1-4H3. The minimum Gasteiger partial charge on any atom is -0.496 e. The lowest BCUT2D eigenvalue weighted by Gasteiger charge is -2.09. The third-order valence-corrected chi connectivity index (χ3v) is 3.94. The number of hydrogen-bond acceptors (Lipinski definition) is 3. The molecule has 0 saturated carbocycles. The summed E-state index contributed by atoms with van der Waals surface area (Å²) in [6.45, 7) is 6.34. The Morgan fingerprint density at radius 1 is 1.24 bits per heavy atom. The lowest BCUT2D eigenvalue weighted by Crippen LogP contribution is -1.92. The van der Waals surface area contributed by atoms with Crippen molar-refractivity contribution < 1.29 is 4.74 Å². The lowest BCUT2D eigenvalue weighted by molar-refractivity contribution is 0.416. The van der Waals surface area contributed by atoms with E-state index in [2.05, 4.69) is 43.3 Å². The predicted molar refractivity (Wildman–Crippen MR) is 73.0 cm³/mol. The molecule has 0 spiro atoms. The van der Waals surface area contributed by atoms with Crippen LogP contribution in [0.5, 0.6) is 5.75 Å². The fraction of sp³-hybridized carbons (Fsp3) is 0.357. The van der Waals surface area contributed by atoms with E-state index >= 15 is 0 Å². The molecular weight excluding hydrogens is 230 g/mol. The smallest absolute Gasteiger partial charge is 0.128 e. The van der Waals surface area contributed by atoms with Gasteiger partial charge in [0.05, 0.1) is 17.8 Å². The van der Waals surface area contributed by atoms with Crippen LogP contribution in [0.1, 0.15) is 23.1 Å². The van der Waals surface area contributed by atoms with E-state index in [0.29, 0.717) is 0 Å². The van der Waals surface area contributed by atoms with Gasteiger partial charge in [-0.15, -0.1) is 11.3 Å². The maximum atomic E-state index is 5.44. The molecule has 2 rings (SSSR count). The van der Waals surface area contributed by atoms with Gasteiger partial charge in [-0.2, -0.15) is 0 Å². The Hall–Kier alpha value is -1.35. The van der Waals surface area contributed by atoms with Crippen molar-refractivity contribution >= 4 is 11.3 Å². The van der Waals surface area contributed by atoms with Gasteiger partial charge >= 0.3 is 0 Å². The van der Waals surface area contributed by atoms with E-state index in [9.17, 15) is 0 Å². The first kappa shape index (κ1) is 12.1. The molecule has 2 nitrogen and oxygen atoms in total. The summed E-state index contributed by atoms with van der Waals surface area (Å²) in [6.07, 6.45) is 0.984. The van der Waals surface area contributed by atoms with Crippen molar-refractivity contribution in [3.05, 3.63) is 33.6 Å². The van der Waals surface area contributed by atoms with E-state index in [1.165, 1.54) is 16.1 Å². The summed E-state index contributed by atoms with van der Waals surface area (Å²) in [6, 6.07) is 4.23. The van der Waals surface area contributed by atoms with Crippen LogP contribution < -0.4 is 4.74 Å². The van der Waals surface area contributed by atoms with Gasteiger partial charge in [-0.3, -0.25) is 0 Å². The van der Waals surface area contributed by atoms with Gasteiger partial charge in [-0.05, 0) is 43.5 Å². The van der Waals surface area contributed by atoms with Gasteiger partial charge in [0.15, 0.2) is 0 Å². The molecule has 0 bridgehead atoms. The normalized spacial score (nSPS) is 10.6. The van der Waals surface area contributed by atoms with Crippen LogP contribution in [-0.2, 0) is 6.42 Å². The summed E-state index contributed by atoms with van der Waals surface area (Å²) >= 11 is 1.71. The monoisotopic (exact) mass is 247 g/mol. The van der Waals surface area contributed by atoms with Crippen molar-refractivity contribution in [2.24, 2.45) is 0 Å². The molecule has 2 aromatic rings. The van der Waals surface area contributed by atoms with E-state index in [1.807, 2.05) is 0 Å². The van der Waals surface area contributed by atoms with E-state index in [0.717, 1.165) is 23.4 Å². The topological polar surface area (TPSA) is 22.1 Å². The Labute approximate surface area is 106 Å². The Balaban J connectivity index is 2.53. The highest BCUT2D eigenvalue weighted by Crippen LogP contribution is 2.33. The molecule has 0 fully saturated rings. The number of thiazole rings is 1. The largest absolute Gasteiger partial charge is 0.496 e. The molecule has 17 heavy (non-hydrogen) atoms. The van der Waals surface area contributed by atoms with Crippen LogP contribution in [0, 0.1) is 13.8 Å². The Kier molecular flexibility index (Phi) is 3.48. The van der Waals surface area contributed by atoms with E-state index in [-0.39, 0.29) is 0 Å². The van der Waals surface area contributed by atoms with Crippen molar-refractivity contribution in [3.63, 3.8) is 0 Å². The third kappa shape index (κ3) is 2.34. The van der Waals surface area contributed by atoms with Crippen LogP contribution in [0.3, 0.4) is 0 Å². The zero-order valence-electron chi connectivity index (χ0n) is 10.7. The fourth-order valence-corrected chi connectivity index (χ4v) is 2.50. The highest BCUT2D eigenvalue weighted by Gasteiger charge is 2.11. The molecule has 1 aromatic carbocycles. The zero-order valence-corrected chi connectivity index (χ0v) is 11.5. The average Bonchev–Trinajstić information content (AvgIpc) is 2.80. The molecule has 0 amide bonds. The lowest BCUT2D eigenvalue weighted by atomic mass is 10.0. The first-order valence-electron chi connectivity index (χ1n) is 5.75. The molecule has 1 heterocycles. The maximum absolute atomic E-state index is 5.44. The van der Waals surface area contributed by atoms with Crippen LogP contribution in [0.4, 0.5) is 0 Å². The number of nitrogens with zero attached hydrogens (tertiary/aromatic N) is 1. The quantitative estimate of drug-likeness (QED) is 0.818. The molecule has 0 atom stereocenters. The first-order chi connectivity index (χ1) is 8.15. The molecule has 0 aliphatic heterocycles. The predicted octanol–water partition coefficient (Wildman–Crippen LogP) is 4.00. The van der Waals surface area contributed by atoms with Gasteiger partial charge in [0, 0.05) is 10.9 Å². The van der Waals surface area contributed by atoms with Gasteiger partial charge < -0.3 is 4.74 Å². The third-order valence-electron chi connectivity index (χ3n) is 2.95. The fourth-order valence-electron chi connectivity index (χ4n) is 1.76. The Morgan fingerprint density at radius 2 is 1.94 bits per heavy atom. The number of hydrogen-bond donors (Lipinski definition) is 0. The van der Waals surface area contributed by atoms with Gasteiger partial charge in [-0.1, -0.05) is 6.92 Å². The van der Waals surface area contributed by atoms with Crippen LogP contribution in [-0.4, -0.2) is 12.1 Å². The Bertz CT molecular complexity index is 531. The van der Waals surface area contributed by atoms with Crippen molar-refractivity contribution in [1.29, 1.82) is 0 Å². The second-order valence-electron chi connectivity index (χ2n) is 4.12. The van der Waals surface area contributed by atoms with Crippen LogP contribution in [0.2, 0.25) is 0 Å². The highest BCUT2D eigenvalue weighted by atomic mass is 32.1. The summed E-state index contributed by atoms with van der Waals surface area (Å²) in [5, 5.41) is 3.27. The van der Waals surface area contributed by atoms with Crippen molar-refractivity contribution in [3.8, 4) is 17.0 Å². The molecule has 3 heteroatoms. The number of aryl methyl sites for hydroxylation is 3. The number of ether oxygens (including phenoxy) is 1. The van der Waals surface area contributed by atoms with Crippen LogP contribution in [0.15, 0.2) is 17.5 Å². The van der Waals surface area contributed by atoms with Crippen molar-refractivity contribution in [2.75, 3.05) is 7.11 Å². The number of benzene rings is 1. The minimum absolute atomic E-state index is 0.904. The molecule has 0 aliphatic rings. The SMILES string of the molecule is CCc1nc(-c2cc(C)c(C)cc2OC)cs1. The van der Waals surface area contributed by atoms with Gasteiger partial charge in [0.25, 0.3) is 0 Å².